The van der Waals surface area contributed by atoms with E-state index in [0.29, 0.717) is 0 Å². The van der Waals surface area contributed by atoms with Gasteiger partial charge in [-0.2, -0.15) is 0 Å². The van der Waals surface area contributed by atoms with Gasteiger partial charge in [0.15, 0.2) is 0 Å². The first-order chi connectivity index (χ1) is 7.81. The van der Waals surface area contributed by atoms with Gasteiger partial charge in [0.05, 0.1) is 13.0 Å². The highest BCUT2D eigenvalue weighted by Crippen LogP contribution is 2.23. The van der Waals surface area contributed by atoms with Gasteiger partial charge in [-0.1, -0.05) is 0 Å². The summed E-state index contributed by atoms with van der Waals surface area (Å²) in [5.41, 5.74) is 1.18. The van der Waals surface area contributed by atoms with E-state index in [1.807, 2.05) is 12.1 Å². The number of aromatic nitrogens is 1. The van der Waals surface area contributed by atoms with Crippen LogP contribution in [0.4, 0.5) is 5.69 Å². The second-order valence-electron chi connectivity index (χ2n) is 3.99. The molecule has 17 heavy (non-hydrogen) atoms. The number of nitrogens with zero attached hydrogens (tertiary/aromatic N) is 2. The molecule has 1 aromatic heterocycles. The van der Waals surface area contributed by atoms with Crippen LogP contribution in [0.1, 0.15) is 12.8 Å². The quantitative estimate of drug-likeness (QED) is 0.758. The molecule has 0 N–H and O–H groups in total. The molecule has 94 valence electrons. The molecule has 0 bridgehead atoms. The van der Waals surface area contributed by atoms with Crippen molar-refractivity contribution in [2.24, 2.45) is 5.92 Å². The van der Waals surface area contributed by atoms with Gasteiger partial charge in [0, 0.05) is 31.2 Å². The molecular formula is C12H17ClN2O2. The van der Waals surface area contributed by atoms with Gasteiger partial charge in [0.1, 0.15) is 0 Å². The number of halogens is 1. The molecule has 0 radical (unpaired) electrons. The molecule has 0 aliphatic carbocycles. The van der Waals surface area contributed by atoms with Gasteiger partial charge in [-0.25, -0.2) is 0 Å². The van der Waals surface area contributed by atoms with Crippen molar-refractivity contribution < 1.29 is 9.53 Å². The average molecular weight is 257 g/mol. The summed E-state index contributed by atoms with van der Waals surface area (Å²) in [6.45, 7) is 1.81. The SMILES string of the molecule is COC(=O)C1CCN(c2ccncc2)CC1.Cl. The smallest absolute Gasteiger partial charge is 0.308 e. The van der Waals surface area contributed by atoms with Crippen molar-refractivity contribution in [2.75, 3.05) is 25.1 Å². The highest BCUT2D eigenvalue weighted by molar-refractivity contribution is 5.85. The third kappa shape index (κ3) is 3.33. The molecule has 2 rings (SSSR count). The minimum absolute atomic E-state index is 0. The standard InChI is InChI=1S/C12H16N2O2.ClH/c1-16-12(15)10-4-8-14(9-5-10)11-2-6-13-7-3-11;/h2-3,6-7,10H,4-5,8-9H2,1H3;1H. The molecule has 4 nitrogen and oxygen atoms in total. The molecule has 1 aliphatic heterocycles. The predicted octanol–water partition coefficient (Wildman–Crippen LogP) is 1.89. The summed E-state index contributed by atoms with van der Waals surface area (Å²) in [6.07, 6.45) is 5.33. The van der Waals surface area contributed by atoms with E-state index in [4.69, 9.17) is 4.74 Å². The number of hydrogen-bond acceptors (Lipinski definition) is 4. The summed E-state index contributed by atoms with van der Waals surface area (Å²) in [7, 11) is 1.46. The Morgan fingerprint density at radius 2 is 1.94 bits per heavy atom. The number of pyridine rings is 1. The number of anilines is 1. The lowest BCUT2D eigenvalue weighted by Crippen LogP contribution is -2.36. The van der Waals surface area contributed by atoms with E-state index in [9.17, 15) is 4.79 Å². The van der Waals surface area contributed by atoms with Gasteiger partial charge in [-0.15, -0.1) is 12.4 Å². The van der Waals surface area contributed by atoms with Crippen LogP contribution in [0, 0.1) is 5.92 Å². The third-order valence-electron chi connectivity index (χ3n) is 3.06. The zero-order valence-corrected chi connectivity index (χ0v) is 10.7. The molecule has 1 aromatic rings. The average Bonchev–Trinajstić information content (AvgIpc) is 2.39. The van der Waals surface area contributed by atoms with E-state index >= 15 is 0 Å². The second-order valence-corrected chi connectivity index (χ2v) is 3.99. The fourth-order valence-corrected chi connectivity index (χ4v) is 2.09. The Balaban J connectivity index is 0.00000144. The number of esters is 1. The Hall–Kier alpha value is -1.29. The van der Waals surface area contributed by atoms with E-state index in [1.165, 1.54) is 12.8 Å². The molecular weight excluding hydrogens is 240 g/mol. The van der Waals surface area contributed by atoms with E-state index < -0.39 is 0 Å². The Bertz CT molecular complexity index is 351. The fraction of sp³-hybridized carbons (Fsp3) is 0.500. The summed E-state index contributed by atoms with van der Waals surface area (Å²) in [4.78, 5) is 17.6. The number of ether oxygens (including phenoxy) is 1. The highest BCUT2D eigenvalue weighted by atomic mass is 35.5. The van der Waals surface area contributed by atoms with Crippen molar-refractivity contribution in [3.63, 3.8) is 0 Å². The number of carbonyl (C=O) groups excluding carboxylic acids is 1. The van der Waals surface area contributed by atoms with Crippen molar-refractivity contribution in [3.05, 3.63) is 24.5 Å². The maximum absolute atomic E-state index is 11.4. The first kappa shape index (κ1) is 13.8. The van der Waals surface area contributed by atoms with Crippen LogP contribution in [0.3, 0.4) is 0 Å². The summed E-state index contributed by atoms with van der Waals surface area (Å²) < 4.78 is 4.76. The van der Waals surface area contributed by atoms with Gasteiger partial charge in [-0.05, 0) is 25.0 Å². The van der Waals surface area contributed by atoms with Crippen LogP contribution in [-0.4, -0.2) is 31.2 Å². The second kappa shape index (κ2) is 6.45. The summed E-state index contributed by atoms with van der Waals surface area (Å²) in [5.74, 6) is -0.00235. The third-order valence-corrected chi connectivity index (χ3v) is 3.06. The zero-order chi connectivity index (χ0) is 11.4. The van der Waals surface area contributed by atoms with Crippen molar-refractivity contribution >= 4 is 24.1 Å². The van der Waals surface area contributed by atoms with Crippen LogP contribution in [0.15, 0.2) is 24.5 Å². The van der Waals surface area contributed by atoms with Crippen LogP contribution < -0.4 is 4.90 Å². The first-order valence-corrected chi connectivity index (χ1v) is 5.54. The molecule has 2 heterocycles. The highest BCUT2D eigenvalue weighted by Gasteiger charge is 2.25. The minimum Gasteiger partial charge on any atom is -0.469 e. The van der Waals surface area contributed by atoms with E-state index in [0.717, 1.165) is 25.9 Å². The van der Waals surface area contributed by atoms with E-state index in [-0.39, 0.29) is 24.3 Å². The number of methoxy groups -OCH3 is 1. The van der Waals surface area contributed by atoms with Crippen molar-refractivity contribution in [3.8, 4) is 0 Å². The van der Waals surface area contributed by atoms with E-state index in [1.54, 1.807) is 12.4 Å². The molecule has 0 atom stereocenters. The number of carbonyl (C=O) groups is 1. The lowest BCUT2D eigenvalue weighted by atomic mass is 9.97. The molecule has 1 aliphatic rings. The van der Waals surface area contributed by atoms with Gasteiger partial charge < -0.3 is 9.64 Å². The topological polar surface area (TPSA) is 42.4 Å². The minimum atomic E-state index is -0.0746. The molecule has 5 heteroatoms. The van der Waals surface area contributed by atoms with Crippen molar-refractivity contribution in [2.45, 2.75) is 12.8 Å². The van der Waals surface area contributed by atoms with Gasteiger partial charge in [0.25, 0.3) is 0 Å². The maximum Gasteiger partial charge on any atom is 0.308 e. The molecule has 0 aromatic carbocycles. The van der Waals surface area contributed by atoms with Crippen LogP contribution in [-0.2, 0) is 9.53 Å². The molecule has 0 unspecified atom stereocenters. The normalized spacial score (nSPS) is 16.2. The lowest BCUT2D eigenvalue weighted by molar-refractivity contribution is -0.146. The van der Waals surface area contributed by atoms with Gasteiger partial charge in [-0.3, -0.25) is 9.78 Å². The number of piperidine rings is 1. The first-order valence-electron chi connectivity index (χ1n) is 5.54. The Kier molecular flexibility index (Phi) is 5.22. The van der Waals surface area contributed by atoms with Gasteiger partial charge >= 0.3 is 5.97 Å². The van der Waals surface area contributed by atoms with Crippen LogP contribution in [0.25, 0.3) is 0 Å². The maximum atomic E-state index is 11.4. The molecule has 0 saturated carbocycles. The molecule has 1 saturated heterocycles. The van der Waals surface area contributed by atoms with Crippen LogP contribution in [0.5, 0.6) is 0 Å². The van der Waals surface area contributed by atoms with Crippen LogP contribution >= 0.6 is 12.4 Å². The van der Waals surface area contributed by atoms with Crippen LogP contribution in [0.2, 0.25) is 0 Å². The predicted molar refractivity (Wildman–Crippen MR) is 68.4 cm³/mol. The molecule has 1 fully saturated rings. The summed E-state index contributed by atoms with van der Waals surface area (Å²) >= 11 is 0. The zero-order valence-electron chi connectivity index (χ0n) is 9.83. The number of hydrogen-bond donors (Lipinski definition) is 0. The van der Waals surface area contributed by atoms with Crippen molar-refractivity contribution in [1.82, 2.24) is 4.98 Å². The Labute approximate surface area is 107 Å². The van der Waals surface area contributed by atoms with Gasteiger partial charge in [0.2, 0.25) is 0 Å². The number of rotatable bonds is 2. The molecule has 0 spiro atoms. The largest absolute Gasteiger partial charge is 0.469 e. The Morgan fingerprint density at radius 3 is 2.47 bits per heavy atom. The fourth-order valence-electron chi connectivity index (χ4n) is 2.09. The summed E-state index contributed by atoms with van der Waals surface area (Å²) in [5, 5.41) is 0. The Morgan fingerprint density at radius 1 is 1.35 bits per heavy atom. The van der Waals surface area contributed by atoms with Crippen molar-refractivity contribution in [1.29, 1.82) is 0 Å². The van der Waals surface area contributed by atoms with E-state index in [2.05, 4.69) is 9.88 Å². The monoisotopic (exact) mass is 256 g/mol. The molecule has 0 amide bonds. The summed E-state index contributed by atoms with van der Waals surface area (Å²) in [6, 6.07) is 4.00. The lowest BCUT2D eigenvalue weighted by Gasteiger charge is -2.32.